The van der Waals surface area contributed by atoms with Crippen LogP contribution in [0.5, 0.6) is 0 Å². The van der Waals surface area contributed by atoms with Gasteiger partial charge in [0.25, 0.3) is 0 Å². The normalized spacial score (nSPS) is 11.2. The molecule has 0 atom stereocenters. The lowest BCUT2D eigenvalue weighted by atomic mass is 10.2. The maximum Gasteiger partial charge on any atom is 0.416 e. The summed E-state index contributed by atoms with van der Waals surface area (Å²) in [4.78, 5) is 18.6. The van der Waals surface area contributed by atoms with E-state index in [0.717, 1.165) is 30.6 Å². The van der Waals surface area contributed by atoms with Crippen LogP contribution >= 0.6 is 23.2 Å². The van der Waals surface area contributed by atoms with E-state index in [1.54, 1.807) is 0 Å². The van der Waals surface area contributed by atoms with Gasteiger partial charge >= 0.3 is 11.9 Å². The van der Waals surface area contributed by atoms with Crippen molar-refractivity contribution in [3.63, 3.8) is 0 Å². The van der Waals surface area contributed by atoms with Gasteiger partial charge in [-0.2, -0.15) is 13.2 Å². The summed E-state index contributed by atoms with van der Waals surface area (Å²) in [6.07, 6.45) is -3.43. The van der Waals surface area contributed by atoms with E-state index in [2.05, 4.69) is 20.6 Å². The Kier molecular flexibility index (Phi) is 5.76. The van der Waals surface area contributed by atoms with Gasteiger partial charge in [-0.05, 0) is 42.5 Å². The number of halogens is 5. The van der Waals surface area contributed by atoms with Gasteiger partial charge in [0.1, 0.15) is 6.33 Å². The van der Waals surface area contributed by atoms with E-state index in [1.807, 2.05) is 0 Å². The number of hydrogen-bond donors (Lipinski definition) is 2. The lowest BCUT2D eigenvalue weighted by Crippen LogP contribution is -2.07. The zero-order chi connectivity index (χ0) is 21.2. The molecule has 0 radical (unpaired) electrons. The molecule has 7 nitrogen and oxygen atoms in total. The van der Waals surface area contributed by atoms with Crippen molar-refractivity contribution in [2.45, 2.75) is 6.18 Å². The van der Waals surface area contributed by atoms with Crippen LogP contribution in [-0.2, 0) is 6.18 Å². The number of nitro groups is 1. The average Bonchev–Trinajstić information content (AvgIpc) is 2.63. The molecule has 3 rings (SSSR count). The first kappa shape index (κ1) is 20.6. The molecule has 29 heavy (non-hydrogen) atoms. The summed E-state index contributed by atoms with van der Waals surface area (Å²) in [7, 11) is 0. The van der Waals surface area contributed by atoms with E-state index in [1.165, 1.54) is 18.2 Å². The molecule has 2 aromatic carbocycles. The highest BCUT2D eigenvalue weighted by Gasteiger charge is 2.30. The molecule has 0 bridgehead atoms. The van der Waals surface area contributed by atoms with Crippen LogP contribution in [-0.4, -0.2) is 14.9 Å². The lowest BCUT2D eigenvalue weighted by Gasteiger charge is -2.12. The average molecular weight is 444 g/mol. The van der Waals surface area contributed by atoms with Gasteiger partial charge in [0.2, 0.25) is 11.6 Å². The zero-order valence-electron chi connectivity index (χ0n) is 14.2. The van der Waals surface area contributed by atoms with Crippen molar-refractivity contribution in [1.82, 2.24) is 9.97 Å². The topological polar surface area (TPSA) is 93.0 Å². The van der Waals surface area contributed by atoms with Crippen LogP contribution in [0, 0.1) is 10.1 Å². The first-order chi connectivity index (χ1) is 13.6. The highest BCUT2D eigenvalue weighted by atomic mass is 35.5. The third-order valence-electron chi connectivity index (χ3n) is 3.66. The van der Waals surface area contributed by atoms with E-state index < -0.39 is 22.4 Å². The van der Waals surface area contributed by atoms with Crippen molar-refractivity contribution in [3.8, 4) is 0 Å². The number of nitrogens with zero attached hydrogens (tertiary/aromatic N) is 3. The fraction of sp³-hybridized carbons (Fsp3) is 0.0588. The van der Waals surface area contributed by atoms with Crippen LogP contribution in [0.1, 0.15) is 5.56 Å². The maximum atomic E-state index is 12.7. The molecule has 1 heterocycles. The highest BCUT2D eigenvalue weighted by molar-refractivity contribution is 6.36. The number of alkyl halides is 3. The zero-order valence-corrected chi connectivity index (χ0v) is 15.7. The molecule has 0 unspecified atom stereocenters. The largest absolute Gasteiger partial charge is 0.416 e. The Morgan fingerprint density at radius 2 is 1.59 bits per heavy atom. The van der Waals surface area contributed by atoms with Crippen molar-refractivity contribution in [2.24, 2.45) is 0 Å². The molecular weight excluding hydrogens is 434 g/mol. The van der Waals surface area contributed by atoms with Gasteiger partial charge < -0.3 is 10.6 Å². The first-order valence-electron chi connectivity index (χ1n) is 7.81. The van der Waals surface area contributed by atoms with Crippen LogP contribution in [0.25, 0.3) is 0 Å². The molecule has 0 spiro atoms. The molecule has 0 aliphatic rings. The molecule has 0 aliphatic carbocycles. The Morgan fingerprint density at radius 3 is 2.14 bits per heavy atom. The summed E-state index contributed by atoms with van der Waals surface area (Å²) in [5, 5.41) is 17.5. The Morgan fingerprint density at radius 1 is 0.966 bits per heavy atom. The molecule has 0 saturated heterocycles. The minimum Gasteiger partial charge on any atom is -0.334 e. The van der Waals surface area contributed by atoms with Gasteiger partial charge in [0.15, 0.2) is 0 Å². The van der Waals surface area contributed by atoms with Gasteiger partial charge in [0, 0.05) is 10.7 Å². The van der Waals surface area contributed by atoms with Crippen molar-refractivity contribution >= 4 is 51.9 Å². The second-order valence-corrected chi connectivity index (χ2v) is 6.47. The number of hydrogen-bond acceptors (Lipinski definition) is 6. The fourth-order valence-corrected chi connectivity index (χ4v) is 2.79. The van der Waals surface area contributed by atoms with Gasteiger partial charge in [0.05, 0.1) is 21.2 Å². The minimum atomic E-state index is -4.49. The van der Waals surface area contributed by atoms with Gasteiger partial charge in [-0.1, -0.05) is 23.2 Å². The Balaban J connectivity index is 1.93. The predicted molar refractivity (Wildman–Crippen MR) is 103 cm³/mol. The highest BCUT2D eigenvalue weighted by Crippen LogP contribution is 2.36. The van der Waals surface area contributed by atoms with E-state index in [9.17, 15) is 23.3 Å². The molecule has 150 valence electrons. The Hall–Kier alpha value is -3.11. The molecule has 0 amide bonds. The summed E-state index contributed by atoms with van der Waals surface area (Å²) >= 11 is 11.9. The Bertz CT molecular complexity index is 1060. The number of rotatable bonds is 5. The standard InChI is InChI=1S/C17H10Cl2F3N5O2/c18-10-3-6-13(12(19)7-10)26-16-14(27(28)29)15(23-8-24-16)25-11-4-1-9(2-5-11)17(20,21)22/h1-8H,(H2,23,24,25,26). The smallest absolute Gasteiger partial charge is 0.334 e. The van der Waals surface area contributed by atoms with E-state index in [4.69, 9.17) is 23.2 Å². The monoisotopic (exact) mass is 443 g/mol. The van der Waals surface area contributed by atoms with Crippen LogP contribution < -0.4 is 10.6 Å². The van der Waals surface area contributed by atoms with Crippen LogP contribution in [0.4, 0.5) is 41.9 Å². The van der Waals surface area contributed by atoms with Crippen LogP contribution in [0.3, 0.4) is 0 Å². The third-order valence-corrected chi connectivity index (χ3v) is 4.21. The van der Waals surface area contributed by atoms with Crippen molar-refractivity contribution in [3.05, 3.63) is 74.5 Å². The van der Waals surface area contributed by atoms with Crippen molar-refractivity contribution in [1.29, 1.82) is 0 Å². The van der Waals surface area contributed by atoms with E-state index >= 15 is 0 Å². The molecule has 2 N–H and O–H groups in total. The van der Waals surface area contributed by atoms with E-state index in [0.29, 0.717) is 10.7 Å². The molecule has 1 aromatic heterocycles. The number of aromatic nitrogens is 2. The molecular formula is C17H10Cl2F3N5O2. The number of anilines is 4. The number of benzene rings is 2. The Labute approximate surface area is 171 Å². The minimum absolute atomic E-state index is 0.163. The van der Waals surface area contributed by atoms with Gasteiger partial charge in [-0.3, -0.25) is 10.1 Å². The SMILES string of the molecule is O=[N+]([O-])c1c(Nc2ccc(C(F)(F)F)cc2)ncnc1Nc1ccc(Cl)cc1Cl. The van der Waals surface area contributed by atoms with Gasteiger partial charge in [-0.15, -0.1) is 0 Å². The summed E-state index contributed by atoms with van der Waals surface area (Å²) in [5.41, 5.74) is -0.869. The summed E-state index contributed by atoms with van der Waals surface area (Å²) < 4.78 is 38.0. The van der Waals surface area contributed by atoms with E-state index in [-0.39, 0.29) is 22.3 Å². The molecule has 3 aromatic rings. The summed E-state index contributed by atoms with van der Waals surface area (Å²) in [6.45, 7) is 0. The lowest BCUT2D eigenvalue weighted by molar-refractivity contribution is -0.383. The van der Waals surface area contributed by atoms with Crippen LogP contribution in [0.15, 0.2) is 48.8 Å². The fourth-order valence-electron chi connectivity index (χ4n) is 2.33. The second kappa shape index (κ2) is 8.10. The van der Waals surface area contributed by atoms with Gasteiger partial charge in [-0.25, -0.2) is 9.97 Å². The first-order valence-corrected chi connectivity index (χ1v) is 8.56. The maximum absolute atomic E-state index is 12.7. The summed E-state index contributed by atoms with van der Waals surface area (Å²) in [5.74, 6) is -0.374. The van der Waals surface area contributed by atoms with Crippen molar-refractivity contribution < 1.29 is 18.1 Å². The number of nitrogens with one attached hydrogen (secondary N) is 2. The molecule has 0 fully saturated rings. The quantitative estimate of drug-likeness (QED) is 0.360. The molecule has 12 heteroatoms. The second-order valence-electron chi connectivity index (χ2n) is 5.63. The molecule has 0 aliphatic heterocycles. The third kappa shape index (κ3) is 4.84. The summed E-state index contributed by atoms with van der Waals surface area (Å²) in [6, 6.07) is 8.46. The predicted octanol–water partition coefficient (Wildman–Crippen LogP) is 6.20. The van der Waals surface area contributed by atoms with Crippen LogP contribution in [0.2, 0.25) is 10.0 Å². The van der Waals surface area contributed by atoms with Crippen molar-refractivity contribution in [2.75, 3.05) is 10.6 Å². The molecule has 0 saturated carbocycles.